The number of hydrogen-bond acceptors (Lipinski definition) is 4. The normalized spacial score (nSPS) is 30.3. The third-order valence-corrected chi connectivity index (χ3v) is 4.28. The summed E-state index contributed by atoms with van der Waals surface area (Å²) in [7, 11) is 1.33. The minimum Gasteiger partial charge on any atom is -0.469 e. The molecule has 21 heavy (non-hydrogen) atoms. The van der Waals surface area contributed by atoms with Crippen LogP contribution in [0.3, 0.4) is 0 Å². The zero-order chi connectivity index (χ0) is 15.6. The van der Waals surface area contributed by atoms with Gasteiger partial charge < -0.3 is 10.1 Å². The number of carbonyl (C=O) groups excluding carboxylic acids is 3. The molecular weight excluding hydrogens is 284 g/mol. The fraction of sp³-hybridized carbons (Fsp3) is 0.786. The molecule has 2 aliphatic rings. The Balaban J connectivity index is 1.70. The van der Waals surface area contributed by atoms with Gasteiger partial charge in [-0.25, -0.2) is 8.78 Å². The molecule has 1 atom stereocenters. The number of amides is 1. The van der Waals surface area contributed by atoms with Gasteiger partial charge in [0.1, 0.15) is 0 Å². The number of esters is 1. The van der Waals surface area contributed by atoms with Crippen LogP contribution in [0.2, 0.25) is 0 Å². The quantitative estimate of drug-likeness (QED) is 0.777. The third kappa shape index (κ3) is 3.77. The van der Waals surface area contributed by atoms with Crippen LogP contribution in [0.5, 0.6) is 0 Å². The molecule has 0 aromatic rings. The zero-order valence-electron chi connectivity index (χ0n) is 11.9. The largest absolute Gasteiger partial charge is 0.469 e. The Morgan fingerprint density at radius 2 is 1.67 bits per heavy atom. The Morgan fingerprint density at radius 1 is 1.14 bits per heavy atom. The molecule has 0 radical (unpaired) electrons. The number of alkyl halides is 2. The van der Waals surface area contributed by atoms with Crippen molar-refractivity contribution in [3.05, 3.63) is 0 Å². The number of ether oxygens (including phenoxy) is 1. The van der Waals surface area contributed by atoms with E-state index in [1.165, 1.54) is 7.11 Å². The summed E-state index contributed by atoms with van der Waals surface area (Å²) >= 11 is 0. The van der Waals surface area contributed by atoms with Crippen LogP contribution in [0.4, 0.5) is 8.78 Å². The zero-order valence-corrected chi connectivity index (χ0v) is 11.9. The molecule has 2 fully saturated rings. The molecule has 7 heteroatoms. The maximum Gasteiger partial charge on any atom is 0.308 e. The molecule has 2 rings (SSSR count). The van der Waals surface area contributed by atoms with E-state index >= 15 is 0 Å². The lowest BCUT2D eigenvalue weighted by Crippen LogP contribution is -2.38. The first-order valence-corrected chi connectivity index (χ1v) is 7.11. The third-order valence-electron chi connectivity index (χ3n) is 4.28. The summed E-state index contributed by atoms with van der Waals surface area (Å²) in [6.45, 7) is -0.337. The van der Waals surface area contributed by atoms with Crippen molar-refractivity contribution >= 4 is 17.7 Å². The molecule has 2 saturated carbocycles. The monoisotopic (exact) mass is 303 g/mol. The van der Waals surface area contributed by atoms with Crippen molar-refractivity contribution in [2.75, 3.05) is 13.7 Å². The van der Waals surface area contributed by atoms with Crippen molar-refractivity contribution in [1.82, 2.24) is 5.32 Å². The summed E-state index contributed by atoms with van der Waals surface area (Å²) in [5, 5.41) is 2.43. The minimum atomic E-state index is -2.89. The topological polar surface area (TPSA) is 72.5 Å². The van der Waals surface area contributed by atoms with Crippen LogP contribution in [0, 0.1) is 17.8 Å². The van der Waals surface area contributed by atoms with Gasteiger partial charge in [0, 0.05) is 12.3 Å². The average Bonchev–Trinajstić information content (AvgIpc) is 3.12. The second-order valence-electron chi connectivity index (χ2n) is 5.77. The van der Waals surface area contributed by atoms with Crippen LogP contribution >= 0.6 is 0 Å². The van der Waals surface area contributed by atoms with Gasteiger partial charge in [-0.2, -0.15) is 0 Å². The lowest BCUT2D eigenvalue weighted by Gasteiger charge is -2.25. The van der Waals surface area contributed by atoms with E-state index in [-0.39, 0.29) is 30.3 Å². The lowest BCUT2D eigenvalue weighted by molar-refractivity contribution is -0.147. The fourth-order valence-electron chi connectivity index (χ4n) is 2.76. The first-order chi connectivity index (χ1) is 9.85. The van der Waals surface area contributed by atoms with Gasteiger partial charge in [-0.05, 0) is 25.7 Å². The number of carbonyl (C=O) groups is 3. The van der Waals surface area contributed by atoms with E-state index in [0.29, 0.717) is 25.7 Å². The maximum absolute atomic E-state index is 12.7. The Kier molecular flexibility index (Phi) is 4.58. The van der Waals surface area contributed by atoms with Crippen molar-refractivity contribution in [3.8, 4) is 0 Å². The molecule has 0 saturated heterocycles. The lowest BCUT2D eigenvalue weighted by atomic mass is 9.81. The predicted octanol–water partition coefficient (Wildman–Crippen LogP) is 1.31. The van der Waals surface area contributed by atoms with Gasteiger partial charge in [-0.1, -0.05) is 0 Å². The Bertz CT molecular complexity index is 444. The van der Waals surface area contributed by atoms with Gasteiger partial charge in [0.2, 0.25) is 5.91 Å². The van der Waals surface area contributed by atoms with Crippen LogP contribution in [0.15, 0.2) is 0 Å². The van der Waals surface area contributed by atoms with Crippen LogP contribution < -0.4 is 5.32 Å². The Morgan fingerprint density at radius 3 is 2.14 bits per heavy atom. The van der Waals surface area contributed by atoms with E-state index in [0.717, 1.165) is 0 Å². The molecule has 1 N–H and O–H groups in total. The van der Waals surface area contributed by atoms with E-state index in [4.69, 9.17) is 0 Å². The molecule has 1 amide bonds. The molecule has 0 spiro atoms. The summed E-state index contributed by atoms with van der Waals surface area (Å²) in [6.07, 6.45) is 1.81. The highest BCUT2D eigenvalue weighted by Crippen LogP contribution is 2.48. The summed E-state index contributed by atoms with van der Waals surface area (Å²) < 4.78 is 30.1. The number of hydrogen-bond donors (Lipinski definition) is 1. The van der Waals surface area contributed by atoms with Crippen LogP contribution in [-0.2, 0) is 19.1 Å². The van der Waals surface area contributed by atoms with Gasteiger partial charge in [0.05, 0.1) is 25.5 Å². The SMILES string of the molecule is COC(=O)C1CCC(C(=O)NCC(=O)C2CC2(F)F)CC1. The molecule has 1 unspecified atom stereocenters. The predicted molar refractivity (Wildman–Crippen MR) is 68.5 cm³/mol. The van der Waals surface area contributed by atoms with E-state index < -0.39 is 24.0 Å². The molecule has 2 aliphatic carbocycles. The van der Waals surface area contributed by atoms with E-state index in [1.807, 2.05) is 0 Å². The van der Waals surface area contributed by atoms with Gasteiger partial charge in [-0.15, -0.1) is 0 Å². The van der Waals surface area contributed by atoms with Crippen molar-refractivity contribution in [3.63, 3.8) is 0 Å². The van der Waals surface area contributed by atoms with Crippen molar-refractivity contribution in [2.45, 2.75) is 38.0 Å². The van der Waals surface area contributed by atoms with E-state index in [2.05, 4.69) is 10.1 Å². The number of nitrogens with one attached hydrogen (secondary N) is 1. The van der Waals surface area contributed by atoms with Crippen molar-refractivity contribution in [1.29, 1.82) is 0 Å². The van der Waals surface area contributed by atoms with Crippen LogP contribution in [0.1, 0.15) is 32.1 Å². The standard InChI is InChI=1S/C14H19F2NO4/c1-21-13(20)9-4-2-8(3-5-9)12(19)17-7-11(18)10-6-14(10,15)16/h8-10H,2-7H2,1H3,(H,17,19). The van der Waals surface area contributed by atoms with E-state index in [9.17, 15) is 23.2 Å². The molecule has 0 aromatic carbocycles. The second kappa shape index (κ2) is 6.07. The molecular formula is C14H19F2NO4. The van der Waals surface area contributed by atoms with Gasteiger partial charge in [0.25, 0.3) is 5.92 Å². The van der Waals surface area contributed by atoms with Gasteiger partial charge in [0.15, 0.2) is 5.78 Å². The van der Waals surface area contributed by atoms with E-state index in [1.54, 1.807) is 0 Å². The summed E-state index contributed by atoms with van der Waals surface area (Å²) in [4.78, 5) is 34.7. The minimum absolute atomic E-state index is 0.175. The molecule has 5 nitrogen and oxygen atoms in total. The smallest absolute Gasteiger partial charge is 0.308 e. The molecule has 0 heterocycles. The van der Waals surface area contributed by atoms with Gasteiger partial charge in [-0.3, -0.25) is 14.4 Å². The highest BCUT2D eigenvalue weighted by atomic mass is 19.3. The number of halogens is 2. The fourth-order valence-corrected chi connectivity index (χ4v) is 2.76. The summed E-state index contributed by atoms with van der Waals surface area (Å²) in [5.74, 6) is -5.73. The number of methoxy groups -OCH3 is 1. The first kappa shape index (κ1) is 15.9. The number of rotatable bonds is 5. The van der Waals surface area contributed by atoms with Crippen molar-refractivity contribution in [2.24, 2.45) is 17.8 Å². The summed E-state index contributed by atoms with van der Waals surface area (Å²) in [6, 6.07) is 0. The Hall–Kier alpha value is -1.53. The maximum atomic E-state index is 12.7. The second-order valence-corrected chi connectivity index (χ2v) is 5.77. The first-order valence-electron chi connectivity index (χ1n) is 7.11. The Labute approximate surface area is 121 Å². The van der Waals surface area contributed by atoms with Gasteiger partial charge >= 0.3 is 5.97 Å². The highest BCUT2D eigenvalue weighted by Gasteiger charge is 2.60. The highest BCUT2D eigenvalue weighted by molar-refractivity contribution is 5.90. The number of Topliss-reactive ketones (excluding diaryl/α,β-unsaturated/α-hetero) is 1. The molecule has 118 valence electrons. The summed E-state index contributed by atoms with van der Waals surface area (Å²) in [5.41, 5.74) is 0. The molecule has 0 aliphatic heterocycles. The average molecular weight is 303 g/mol. The van der Waals surface area contributed by atoms with Crippen molar-refractivity contribution < 1.29 is 27.9 Å². The molecule has 0 aromatic heterocycles. The van der Waals surface area contributed by atoms with Crippen LogP contribution in [0.25, 0.3) is 0 Å². The number of ketones is 1. The molecule has 0 bridgehead atoms. The van der Waals surface area contributed by atoms with Crippen LogP contribution in [-0.4, -0.2) is 37.2 Å².